The van der Waals surface area contributed by atoms with E-state index in [-0.39, 0.29) is 23.6 Å². The molecule has 116 valence electrons. The van der Waals surface area contributed by atoms with Crippen molar-refractivity contribution in [3.8, 4) is 5.69 Å². The molecule has 1 aliphatic rings. The number of aromatic nitrogens is 3. The van der Waals surface area contributed by atoms with E-state index in [1.807, 2.05) is 12.1 Å². The summed E-state index contributed by atoms with van der Waals surface area (Å²) in [7, 11) is 0. The second kappa shape index (κ2) is 5.70. The van der Waals surface area contributed by atoms with Gasteiger partial charge in [-0.25, -0.2) is 4.68 Å². The molecule has 0 spiro atoms. The molecular formula is C15H17ClN4O2. The van der Waals surface area contributed by atoms with Gasteiger partial charge in [-0.05, 0) is 38.0 Å². The topological polar surface area (TPSA) is 80.0 Å². The van der Waals surface area contributed by atoms with Crippen molar-refractivity contribution in [2.24, 2.45) is 5.41 Å². The van der Waals surface area contributed by atoms with Gasteiger partial charge in [-0.15, -0.1) is 5.10 Å². The fourth-order valence-corrected chi connectivity index (χ4v) is 2.50. The largest absolute Gasteiger partial charge is 0.396 e. The lowest BCUT2D eigenvalue weighted by atomic mass is 10.1. The Morgan fingerprint density at radius 3 is 2.91 bits per heavy atom. The van der Waals surface area contributed by atoms with Gasteiger partial charge in [-0.2, -0.15) is 0 Å². The molecule has 2 aromatic rings. The van der Waals surface area contributed by atoms with Crippen LogP contribution in [-0.4, -0.2) is 39.2 Å². The molecule has 22 heavy (non-hydrogen) atoms. The van der Waals surface area contributed by atoms with E-state index in [2.05, 4.69) is 15.6 Å². The zero-order chi connectivity index (χ0) is 15.7. The molecule has 6 nitrogen and oxygen atoms in total. The zero-order valence-electron chi connectivity index (χ0n) is 12.2. The molecular weight excluding hydrogens is 304 g/mol. The quantitative estimate of drug-likeness (QED) is 0.879. The summed E-state index contributed by atoms with van der Waals surface area (Å²) in [6.45, 7) is 2.35. The average molecular weight is 321 g/mol. The van der Waals surface area contributed by atoms with Crippen molar-refractivity contribution in [1.29, 1.82) is 0 Å². The SMILES string of the molecule is Cc1c(C(=O)NCC2(CO)CC2)nnn1-c1cccc(Cl)c1. The molecule has 0 unspecified atom stereocenters. The van der Waals surface area contributed by atoms with Gasteiger partial charge in [0.2, 0.25) is 0 Å². The van der Waals surface area contributed by atoms with E-state index in [0.717, 1.165) is 18.5 Å². The van der Waals surface area contributed by atoms with E-state index in [9.17, 15) is 9.90 Å². The summed E-state index contributed by atoms with van der Waals surface area (Å²) in [4.78, 5) is 12.2. The number of halogens is 1. The first-order valence-electron chi connectivity index (χ1n) is 7.12. The van der Waals surface area contributed by atoms with Crippen LogP contribution in [0.5, 0.6) is 0 Å². The van der Waals surface area contributed by atoms with Crippen LogP contribution in [0.25, 0.3) is 5.69 Å². The second-order valence-corrected chi connectivity index (χ2v) is 6.19. The number of amides is 1. The number of nitrogens with zero attached hydrogens (tertiary/aromatic N) is 3. The summed E-state index contributed by atoms with van der Waals surface area (Å²) in [5.74, 6) is -0.273. The third-order valence-corrected chi connectivity index (χ3v) is 4.31. The van der Waals surface area contributed by atoms with Gasteiger partial charge in [0, 0.05) is 17.0 Å². The first kappa shape index (κ1) is 15.0. The summed E-state index contributed by atoms with van der Waals surface area (Å²) in [5, 5.41) is 20.7. The fourth-order valence-electron chi connectivity index (χ4n) is 2.31. The Bertz CT molecular complexity index is 709. The Balaban J connectivity index is 1.77. The molecule has 0 radical (unpaired) electrons. The minimum atomic E-state index is -0.273. The molecule has 2 N–H and O–H groups in total. The summed E-state index contributed by atoms with van der Waals surface area (Å²) < 4.78 is 1.58. The summed E-state index contributed by atoms with van der Waals surface area (Å²) in [6.07, 6.45) is 1.88. The molecule has 0 aliphatic heterocycles. The predicted octanol–water partition coefficient (Wildman–Crippen LogP) is 1.73. The van der Waals surface area contributed by atoms with E-state index in [1.165, 1.54) is 0 Å². The predicted molar refractivity (Wildman–Crippen MR) is 82.2 cm³/mol. The Hall–Kier alpha value is -1.92. The van der Waals surface area contributed by atoms with Gasteiger partial charge in [0.15, 0.2) is 5.69 Å². The minimum absolute atomic E-state index is 0.0987. The summed E-state index contributed by atoms with van der Waals surface area (Å²) in [6, 6.07) is 7.20. The maximum atomic E-state index is 12.2. The third-order valence-electron chi connectivity index (χ3n) is 4.08. The summed E-state index contributed by atoms with van der Waals surface area (Å²) in [5.41, 5.74) is 1.56. The number of rotatable bonds is 5. The highest BCUT2D eigenvalue weighted by Gasteiger charge is 2.42. The molecule has 3 rings (SSSR count). The molecule has 1 aromatic heterocycles. The molecule has 1 aromatic carbocycles. The normalized spacial score (nSPS) is 15.6. The van der Waals surface area contributed by atoms with Crippen molar-refractivity contribution in [2.45, 2.75) is 19.8 Å². The average Bonchev–Trinajstić information content (AvgIpc) is 3.20. The van der Waals surface area contributed by atoms with Crippen molar-refractivity contribution < 1.29 is 9.90 Å². The van der Waals surface area contributed by atoms with Gasteiger partial charge in [0.1, 0.15) is 0 Å². The number of benzene rings is 1. The highest BCUT2D eigenvalue weighted by atomic mass is 35.5. The molecule has 7 heteroatoms. The van der Waals surface area contributed by atoms with Crippen molar-refractivity contribution >= 4 is 17.5 Å². The van der Waals surface area contributed by atoms with Crippen LogP contribution in [0.1, 0.15) is 29.0 Å². The molecule has 1 saturated carbocycles. The highest BCUT2D eigenvalue weighted by Crippen LogP contribution is 2.44. The highest BCUT2D eigenvalue weighted by molar-refractivity contribution is 6.30. The van der Waals surface area contributed by atoms with Crippen molar-refractivity contribution in [3.63, 3.8) is 0 Å². The van der Waals surface area contributed by atoms with Gasteiger partial charge in [0.25, 0.3) is 5.91 Å². The molecule has 0 atom stereocenters. The number of carbonyl (C=O) groups is 1. The first-order chi connectivity index (χ1) is 10.5. The summed E-state index contributed by atoms with van der Waals surface area (Å²) >= 11 is 5.97. The zero-order valence-corrected chi connectivity index (χ0v) is 13.0. The van der Waals surface area contributed by atoms with Crippen molar-refractivity contribution in [1.82, 2.24) is 20.3 Å². The van der Waals surface area contributed by atoms with Crippen LogP contribution in [0.4, 0.5) is 0 Å². The molecule has 0 saturated heterocycles. The first-order valence-corrected chi connectivity index (χ1v) is 7.50. The Morgan fingerprint density at radius 2 is 2.27 bits per heavy atom. The van der Waals surface area contributed by atoms with Crippen LogP contribution < -0.4 is 5.32 Å². The van der Waals surface area contributed by atoms with Gasteiger partial charge in [0.05, 0.1) is 18.0 Å². The molecule has 1 fully saturated rings. The Kier molecular flexibility index (Phi) is 3.88. The van der Waals surface area contributed by atoms with E-state index < -0.39 is 0 Å². The number of carbonyl (C=O) groups excluding carboxylic acids is 1. The molecule has 1 heterocycles. The smallest absolute Gasteiger partial charge is 0.273 e. The Morgan fingerprint density at radius 1 is 1.50 bits per heavy atom. The maximum Gasteiger partial charge on any atom is 0.273 e. The number of aliphatic hydroxyl groups is 1. The third kappa shape index (κ3) is 2.84. The van der Waals surface area contributed by atoms with Crippen molar-refractivity contribution in [3.05, 3.63) is 40.7 Å². The van der Waals surface area contributed by atoms with E-state index in [4.69, 9.17) is 11.6 Å². The van der Waals surface area contributed by atoms with Crippen molar-refractivity contribution in [2.75, 3.05) is 13.2 Å². The molecule has 1 aliphatic carbocycles. The standard InChI is InChI=1S/C15H17ClN4O2/c1-10-13(14(22)17-8-15(9-21)5-6-15)18-19-20(10)12-4-2-3-11(16)7-12/h2-4,7,21H,5-6,8-9H2,1H3,(H,17,22). The number of nitrogens with one attached hydrogen (secondary N) is 1. The maximum absolute atomic E-state index is 12.2. The van der Waals surface area contributed by atoms with Gasteiger partial charge < -0.3 is 10.4 Å². The van der Waals surface area contributed by atoms with Gasteiger partial charge in [-0.3, -0.25) is 4.79 Å². The van der Waals surface area contributed by atoms with E-state index in [0.29, 0.717) is 17.3 Å². The van der Waals surface area contributed by atoms with Crippen LogP contribution in [0.15, 0.2) is 24.3 Å². The lowest BCUT2D eigenvalue weighted by molar-refractivity contribution is 0.0929. The van der Waals surface area contributed by atoms with Gasteiger partial charge in [-0.1, -0.05) is 22.9 Å². The monoisotopic (exact) mass is 320 g/mol. The van der Waals surface area contributed by atoms with Crippen LogP contribution in [0, 0.1) is 12.3 Å². The Labute approximate surface area is 133 Å². The van der Waals surface area contributed by atoms with Crippen LogP contribution in [0.3, 0.4) is 0 Å². The lowest BCUT2D eigenvalue weighted by Crippen LogP contribution is -2.32. The van der Waals surface area contributed by atoms with Crippen LogP contribution in [-0.2, 0) is 0 Å². The van der Waals surface area contributed by atoms with E-state index in [1.54, 1.807) is 23.7 Å². The van der Waals surface area contributed by atoms with Crippen LogP contribution in [0.2, 0.25) is 5.02 Å². The fraction of sp³-hybridized carbons (Fsp3) is 0.400. The minimum Gasteiger partial charge on any atom is -0.396 e. The number of hydrogen-bond donors (Lipinski definition) is 2. The number of aliphatic hydroxyl groups excluding tert-OH is 1. The van der Waals surface area contributed by atoms with E-state index >= 15 is 0 Å². The number of hydrogen-bond acceptors (Lipinski definition) is 4. The lowest BCUT2D eigenvalue weighted by Gasteiger charge is -2.12. The van der Waals surface area contributed by atoms with Crippen LogP contribution >= 0.6 is 11.6 Å². The molecule has 1 amide bonds. The van der Waals surface area contributed by atoms with Gasteiger partial charge >= 0.3 is 0 Å². The molecule has 0 bridgehead atoms. The second-order valence-electron chi connectivity index (χ2n) is 5.76.